The largest absolute Gasteiger partial charge is 0.464 e. The first-order valence-electron chi connectivity index (χ1n) is 8.52. The summed E-state index contributed by atoms with van der Waals surface area (Å²) in [5.41, 5.74) is 5.06. The van der Waals surface area contributed by atoms with Crippen LogP contribution >= 0.6 is 0 Å². The molecule has 0 atom stereocenters. The smallest absolute Gasteiger partial charge is 0.358 e. The minimum atomic E-state index is -0.457. The summed E-state index contributed by atoms with van der Waals surface area (Å²) in [5, 5.41) is 8.08. The maximum absolute atomic E-state index is 11.4. The summed E-state index contributed by atoms with van der Waals surface area (Å²) in [5.74, 6) is -0.457. The highest BCUT2D eigenvalue weighted by atomic mass is 16.5. The normalized spacial score (nSPS) is 15.2. The van der Waals surface area contributed by atoms with E-state index in [9.17, 15) is 4.79 Å². The molecule has 2 aromatic rings. The quantitative estimate of drug-likeness (QED) is 0.796. The van der Waals surface area contributed by atoms with E-state index in [-0.39, 0.29) is 5.69 Å². The molecular formula is C19H24N4O2. The van der Waals surface area contributed by atoms with Gasteiger partial charge in [-0.25, -0.2) is 4.79 Å². The topological polar surface area (TPSA) is 58.6 Å². The number of aromatic nitrogens is 2. The van der Waals surface area contributed by atoms with Crippen LogP contribution in [-0.4, -0.2) is 54.4 Å². The Morgan fingerprint density at radius 1 is 1.08 bits per heavy atom. The van der Waals surface area contributed by atoms with E-state index in [1.54, 1.807) is 6.07 Å². The molecule has 6 heteroatoms. The van der Waals surface area contributed by atoms with E-state index in [1.807, 2.05) is 6.07 Å². The Bertz CT molecular complexity index is 738. The predicted molar refractivity (Wildman–Crippen MR) is 96.8 cm³/mol. The Morgan fingerprint density at radius 3 is 2.48 bits per heavy atom. The number of aryl methyl sites for hydroxylation is 2. The molecule has 0 unspecified atom stereocenters. The summed E-state index contributed by atoms with van der Waals surface area (Å²) in [6.07, 6.45) is 0. The molecular weight excluding hydrogens is 316 g/mol. The second-order valence-electron chi connectivity index (χ2n) is 6.45. The Kier molecular flexibility index (Phi) is 5.28. The minimum absolute atomic E-state index is 0.242. The Morgan fingerprint density at radius 2 is 1.84 bits per heavy atom. The molecule has 0 spiro atoms. The maximum Gasteiger partial charge on any atom is 0.358 e. The minimum Gasteiger partial charge on any atom is -0.464 e. The predicted octanol–water partition coefficient (Wildman–Crippen LogP) is 2.20. The average molecular weight is 340 g/mol. The molecule has 1 aliphatic heterocycles. The summed E-state index contributed by atoms with van der Waals surface area (Å²) in [7, 11) is 1.34. The van der Waals surface area contributed by atoms with Crippen molar-refractivity contribution in [2.75, 3.05) is 38.2 Å². The molecule has 0 saturated carbocycles. The third-order valence-corrected chi connectivity index (χ3v) is 4.58. The Balaban J connectivity index is 1.57. The van der Waals surface area contributed by atoms with E-state index in [1.165, 1.54) is 23.9 Å². The van der Waals surface area contributed by atoms with E-state index in [2.05, 4.69) is 56.8 Å². The molecule has 1 saturated heterocycles. The SMILES string of the molecule is COC(=O)c1ccc(CN2CCN(c3cc(C)ccc3C)CC2)nn1. The second kappa shape index (κ2) is 7.61. The van der Waals surface area contributed by atoms with Crippen molar-refractivity contribution in [1.29, 1.82) is 0 Å². The van der Waals surface area contributed by atoms with Crippen LogP contribution in [0.2, 0.25) is 0 Å². The lowest BCUT2D eigenvalue weighted by atomic mass is 10.1. The molecule has 1 fully saturated rings. The molecule has 1 aliphatic rings. The number of anilines is 1. The van der Waals surface area contributed by atoms with Gasteiger partial charge < -0.3 is 9.64 Å². The number of nitrogens with zero attached hydrogens (tertiary/aromatic N) is 4. The van der Waals surface area contributed by atoms with Gasteiger partial charge in [-0.3, -0.25) is 4.90 Å². The third kappa shape index (κ3) is 4.14. The van der Waals surface area contributed by atoms with Crippen LogP contribution in [0.5, 0.6) is 0 Å². The van der Waals surface area contributed by atoms with Gasteiger partial charge in [0, 0.05) is 38.4 Å². The number of benzene rings is 1. The van der Waals surface area contributed by atoms with Crippen LogP contribution in [-0.2, 0) is 11.3 Å². The molecule has 132 valence electrons. The van der Waals surface area contributed by atoms with Crippen LogP contribution in [0.1, 0.15) is 27.3 Å². The molecule has 2 heterocycles. The number of esters is 1. The first-order chi connectivity index (χ1) is 12.1. The Labute approximate surface area is 148 Å². The van der Waals surface area contributed by atoms with Crippen molar-refractivity contribution in [1.82, 2.24) is 15.1 Å². The van der Waals surface area contributed by atoms with Gasteiger partial charge in [-0.05, 0) is 43.2 Å². The summed E-state index contributed by atoms with van der Waals surface area (Å²) < 4.78 is 4.64. The lowest BCUT2D eigenvalue weighted by molar-refractivity contribution is 0.0592. The first kappa shape index (κ1) is 17.4. The number of piperazine rings is 1. The van der Waals surface area contributed by atoms with Crippen molar-refractivity contribution in [2.24, 2.45) is 0 Å². The first-order valence-corrected chi connectivity index (χ1v) is 8.52. The van der Waals surface area contributed by atoms with Gasteiger partial charge in [-0.2, -0.15) is 5.10 Å². The molecule has 0 N–H and O–H groups in total. The van der Waals surface area contributed by atoms with E-state index in [0.717, 1.165) is 38.4 Å². The maximum atomic E-state index is 11.4. The fourth-order valence-electron chi connectivity index (χ4n) is 3.09. The van der Waals surface area contributed by atoms with Gasteiger partial charge in [-0.15, -0.1) is 5.10 Å². The van der Waals surface area contributed by atoms with Gasteiger partial charge in [0.15, 0.2) is 5.69 Å². The highest BCUT2D eigenvalue weighted by Gasteiger charge is 2.19. The summed E-state index contributed by atoms with van der Waals surface area (Å²) >= 11 is 0. The van der Waals surface area contributed by atoms with Gasteiger partial charge in [0.2, 0.25) is 0 Å². The summed E-state index contributed by atoms with van der Waals surface area (Å²) in [4.78, 5) is 16.2. The second-order valence-corrected chi connectivity index (χ2v) is 6.45. The monoisotopic (exact) mass is 340 g/mol. The zero-order valence-corrected chi connectivity index (χ0v) is 15.0. The van der Waals surface area contributed by atoms with Gasteiger partial charge in [0.05, 0.1) is 12.8 Å². The summed E-state index contributed by atoms with van der Waals surface area (Å²) in [6, 6.07) is 10.1. The van der Waals surface area contributed by atoms with Gasteiger partial charge in [0.25, 0.3) is 0 Å². The molecule has 0 aliphatic carbocycles. The molecule has 1 aromatic heterocycles. The zero-order valence-electron chi connectivity index (χ0n) is 15.0. The van der Waals surface area contributed by atoms with Crippen LogP contribution in [0.3, 0.4) is 0 Å². The van der Waals surface area contributed by atoms with Crippen LogP contribution < -0.4 is 4.90 Å². The van der Waals surface area contributed by atoms with Crippen molar-refractivity contribution < 1.29 is 9.53 Å². The number of ether oxygens (including phenoxy) is 1. The highest BCUT2D eigenvalue weighted by Crippen LogP contribution is 2.23. The van der Waals surface area contributed by atoms with Crippen molar-refractivity contribution in [2.45, 2.75) is 20.4 Å². The number of hydrogen-bond acceptors (Lipinski definition) is 6. The fourth-order valence-corrected chi connectivity index (χ4v) is 3.09. The Hall–Kier alpha value is -2.47. The van der Waals surface area contributed by atoms with Gasteiger partial charge in [0.1, 0.15) is 0 Å². The molecule has 6 nitrogen and oxygen atoms in total. The number of rotatable bonds is 4. The van der Waals surface area contributed by atoms with E-state index in [0.29, 0.717) is 0 Å². The van der Waals surface area contributed by atoms with E-state index in [4.69, 9.17) is 0 Å². The standard InChI is InChI=1S/C19H24N4O2/c1-14-4-5-15(2)18(12-14)23-10-8-22(9-11-23)13-16-6-7-17(21-20-16)19(24)25-3/h4-7,12H,8-11,13H2,1-3H3. The zero-order chi connectivity index (χ0) is 17.8. The lowest BCUT2D eigenvalue weighted by Gasteiger charge is -2.36. The molecule has 1 aromatic carbocycles. The molecule has 25 heavy (non-hydrogen) atoms. The van der Waals surface area contributed by atoms with Crippen LogP contribution in [0.25, 0.3) is 0 Å². The van der Waals surface area contributed by atoms with Crippen molar-refractivity contribution in [3.8, 4) is 0 Å². The van der Waals surface area contributed by atoms with Crippen molar-refractivity contribution in [3.05, 3.63) is 52.8 Å². The van der Waals surface area contributed by atoms with E-state index >= 15 is 0 Å². The van der Waals surface area contributed by atoms with Crippen LogP contribution in [0.15, 0.2) is 30.3 Å². The lowest BCUT2D eigenvalue weighted by Crippen LogP contribution is -2.46. The van der Waals surface area contributed by atoms with Crippen molar-refractivity contribution >= 4 is 11.7 Å². The van der Waals surface area contributed by atoms with Crippen LogP contribution in [0.4, 0.5) is 5.69 Å². The molecule has 0 bridgehead atoms. The number of methoxy groups -OCH3 is 1. The average Bonchev–Trinajstić information content (AvgIpc) is 2.64. The molecule has 0 radical (unpaired) electrons. The number of hydrogen-bond donors (Lipinski definition) is 0. The summed E-state index contributed by atoms with van der Waals surface area (Å²) in [6.45, 7) is 9.00. The molecule has 0 amide bonds. The third-order valence-electron chi connectivity index (χ3n) is 4.58. The number of carbonyl (C=O) groups is 1. The highest BCUT2D eigenvalue weighted by molar-refractivity contribution is 5.86. The van der Waals surface area contributed by atoms with Crippen LogP contribution in [0, 0.1) is 13.8 Å². The molecule has 3 rings (SSSR count). The van der Waals surface area contributed by atoms with E-state index < -0.39 is 5.97 Å². The fraction of sp³-hybridized carbons (Fsp3) is 0.421. The van der Waals surface area contributed by atoms with Gasteiger partial charge >= 0.3 is 5.97 Å². The number of carbonyl (C=O) groups excluding carboxylic acids is 1. The van der Waals surface area contributed by atoms with Crippen molar-refractivity contribution in [3.63, 3.8) is 0 Å². The van der Waals surface area contributed by atoms with Gasteiger partial charge in [-0.1, -0.05) is 12.1 Å².